The monoisotopic (exact) mass is 742 g/mol. The molecule has 14 nitrogen and oxygen atoms in total. The average Bonchev–Trinajstić information content (AvgIpc) is 3.70. The molecule has 7 rings (SSSR count). The van der Waals surface area contributed by atoms with Crippen LogP contribution in [0.3, 0.4) is 0 Å². The number of carbonyl (C=O) groups excluding carboxylic acids is 1. The SMILES string of the molecule is O=C(NCC1(CN2CCCC2)CC1)c1ccc2cc1OCCCCN(C(=O)O)CCCOc1ccc(cc1)CNc1nc(nc(OCC(F)(F)F)n1)N2. The summed E-state index contributed by atoms with van der Waals surface area (Å²) in [5, 5.41) is 18.8. The predicted molar refractivity (Wildman–Crippen MR) is 189 cm³/mol. The van der Waals surface area contributed by atoms with Crippen molar-refractivity contribution in [3.63, 3.8) is 0 Å². The minimum Gasteiger partial charge on any atom is -0.494 e. The number of carboxylic acid groups (broad SMARTS) is 1. The Bertz CT molecular complexity index is 1700. The zero-order valence-corrected chi connectivity index (χ0v) is 29.4. The molecule has 2 aromatic carbocycles. The van der Waals surface area contributed by atoms with E-state index >= 15 is 0 Å². The fraction of sp³-hybridized carbons (Fsp3) is 0.528. The van der Waals surface area contributed by atoms with Crippen LogP contribution in [0.25, 0.3) is 0 Å². The third kappa shape index (κ3) is 11.5. The van der Waals surface area contributed by atoms with Crippen LogP contribution in [0.4, 0.5) is 35.5 Å². The van der Waals surface area contributed by atoms with Crippen molar-refractivity contribution in [2.75, 3.05) is 69.7 Å². The molecule has 1 aromatic heterocycles. The van der Waals surface area contributed by atoms with Gasteiger partial charge in [-0.15, -0.1) is 0 Å². The Hall–Kier alpha value is -5.06. The summed E-state index contributed by atoms with van der Waals surface area (Å²) < 4.78 is 55.9. The summed E-state index contributed by atoms with van der Waals surface area (Å²) in [5.41, 5.74) is 1.58. The van der Waals surface area contributed by atoms with E-state index in [1.807, 2.05) is 0 Å². The van der Waals surface area contributed by atoms with Crippen molar-refractivity contribution in [1.29, 1.82) is 0 Å². The summed E-state index contributed by atoms with van der Waals surface area (Å²) in [6.45, 7) is 3.42. The molecule has 17 heteroatoms. The molecule has 0 atom stereocenters. The van der Waals surface area contributed by atoms with Crippen molar-refractivity contribution in [3.8, 4) is 17.5 Å². The standard InChI is InChI=1S/C36H45F3N8O6/c37-36(38,39)24-53-33-44-31-40-21-25-6-9-27(10-7-25)51-19-5-17-47(34(49)50)16-3-4-18-52-29-20-26(42-32(43-31)45-33)8-11-28(29)30(48)41-22-35(12-13-35)23-46-14-1-2-15-46/h6-11,20H,1-5,12-19,21-24H2,(H,41,48)(H,49,50)(H2,40,42,43,44,45). The summed E-state index contributed by atoms with van der Waals surface area (Å²) in [6.07, 6.45) is 0.401. The highest BCUT2D eigenvalue weighted by atomic mass is 19.4. The van der Waals surface area contributed by atoms with Gasteiger partial charge in [-0.3, -0.25) is 4.79 Å². The molecule has 1 saturated heterocycles. The number of anilines is 3. The number of amides is 2. The molecule has 53 heavy (non-hydrogen) atoms. The second-order valence-electron chi connectivity index (χ2n) is 13.7. The molecule has 0 spiro atoms. The maximum atomic E-state index is 13.6. The average molecular weight is 743 g/mol. The molecule has 1 aliphatic carbocycles. The van der Waals surface area contributed by atoms with Crippen molar-refractivity contribution in [1.82, 2.24) is 30.1 Å². The number of fused-ring (bicyclic) bond motifs is 12. The van der Waals surface area contributed by atoms with Gasteiger partial charge in [-0.2, -0.15) is 28.1 Å². The van der Waals surface area contributed by atoms with Crippen molar-refractivity contribution >= 4 is 29.6 Å². The normalized spacial score (nSPS) is 18.1. The molecule has 286 valence electrons. The van der Waals surface area contributed by atoms with Gasteiger partial charge in [-0.25, -0.2) is 4.79 Å². The molecule has 0 unspecified atom stereocenters. The number of ether oxygens (including phenoxy) is 3. The number of halogens is 3. The van der Waals surface area contributed by atoms with Gasteiger partial charge in [0.25, 0.3) is 5.91 Å². The number of rotatable bonds is 7. The van der Waals surface area contributed by atoms with Crippen LogP contribution in [0.15, 0.2) is 42.5 Å². The topological polar surface area (TPSA) is 163 Å². The van der Waals surface area contributed by atoms with Gasteiger partial charge in [0.15, 0.2) is 6.61 Å². The number of nitrogens with zero attached hydrogens (tertiary/aromatic N) is 5. The lowest BCUT2D eigenvalue weighted by Gasteiger charge is -2.23. The summed E-state index contributed by atoms with van der Waals surface area (Å²) in [5.74, 6) is 0.447. The molecule has 2 amide bonds. The van der Waals surface area contributed by atoms with E-state index in [-0.39, 0.29) is 42.1 Å². The molecule has 4 aliphatic rings. The smallest absolute Gasteiger partial charge is 0.422 e. The Morgan fingerprint density at radius 1 is 0.906 bits per heavy atom. The Morgan fingerprint density at radius 3 is 2.36 bits per heavy atom. The summed E-state index contributed by atoms with van der Waals surface area (Å²) in [4.78, 5) is 41.7. The van der Waals surface area contributed by atoms with Gasteiger partial charge >= 0.3 is 18.3 Å². The first-order chi connectivity index (χ1) is 25.5. The third-order valence-corrected chi connectivity index (χ3v) is 9.37. The van der Waals surface area contributed by atoms with Crippen LogP contribution in [0.2, 0.25) is 0 Å². The molecule has 4 heterocycles. The number of carbonyl (C=O) groups is 2. The summed E-state index contributed by atoms with van der Waals surface area (Å²) in [7, 11) is 0. The van der Waals surface area contributed by atoms with Crippen LogP contribution < -0.4 is 30.2 Å². The van der Waals surface area contributed by atoms with E-state index in [1.54, 1.807) is 42.5 Å². The Kier molecular flexibility index (Phi) is 12.2. The summed E-state index contributed by atoms with van der Waals surface area (Å²) in [6, 6.07) is 11.4. The first-order valence-corrected chi connectivity index (χ1v) is 18.0. The van der Waals surface area contributed by atoms with Crippen LogP contribution in [-0.4, -0.2) is 107 Å². The number of nitrogens with one attached hydrogen (secondary N) is 3. The van der Waals surface area contributed by atoms with E-state index in [9.17, 15) is 27.9 Å². The van der Waals surface area contributed by atoms with E-state index in [0.717, 1.165) is 38.0 Å². The lowest BCUT2D eigenvalue weighted by molar-refractivity contribution is -0.154. The zero-order chi connectivity index (χ0) is 37.3. The van der Waals surface area contributed by atoms with E-state index in [1.165, 1.54) is 17.7 Å². The Labute approximate surface area is 305 Å². The van der Waals surface area contributed by atoms with Crippen molar-refractivity contribution in [3.05, 3.63) is 53.6 Å². The van der Waals surface area contributed by atoms with Gasteiger partial charge in [0, 0.05) is 49.9 Å². The number of likely N-dealkylation sites (tertiary alicyclic amines) is 1. The zero-order valence-electron chi connectivity index (χ0n) is 29.4. The lowest BCUT2D eigenvalue weighted by Crippen LogP contribution is -2.37. The quantitative estimate of drug-likeness (QED) is 0.234. The van der Waals surface area contributed by atoms with Crippen LogP contribution in [0, 0.1) is 5.41 Å². The molecule has 3 aliphatic heterocycles. The maximum absolute atomic E-state index is 13.6. The highest BCUT2D eigenvalue weighted by Gasteiger charge is 2.44. The minimum atomic E-state index is -4.61. The molecule has 1 saturated carbocycles. The van der Waals surface area contributed by atoms with Gasteiger partial charge < -0.3 is 45.1 Å². The maximum Gasteiger partial charge on any atom is 0.422 e. The van der Waals surface area contributed by atoms with Crippen LogP contribution in [0.1, 0.15) is 60.9 Å². The predicted octanol–water partition coefficient (Wildman–Crippen LogP) is 5.70. The lowest BCUT2D eigenvalue weighted by atomic mass is 10.1. The molecule has 2 fully saturated rings. The fourth-order valence-electron chi connectivity index (χ4n) is 6.30. The second kappa shape index (κ2) is 17.2. The Morgan fingerprint density at radius 2 is 1.62 bits per heavy atom. The first kappa shape index (κ1) is 37.7. The minimum absolute atomic E-state index is 0.0308. The van der Waals surface area contributed by atoms with Gasteiger partial charge in [0.05, 0.1) is 18.8 Å². The van der Waals surface area contributed by atoms with E-state index < -0.39 is 24.9 Å². The first-order valence-electron chi connectivity index (χ1n) is 18.0. The molecule has 0 radical (unpaired) electrons. The van der Waals surface area contributed by atoms with Crippen molar-refractivity contribution < 1.29 is 42.1 Å². The van der Waals surface area contributed by atoms with Gasteiger partial charge in [0.1, 0.15) is 11.5 Å². The highest BCUT2D eigenvalue weighted by Crippen LogP contribution is 2.46. The summed E-state index contributed by atoms with van der Waals surface area (Å²) >= 11 is 0. The number of alkyl halides is 3. The van der Waals surface area contributed by atoms with E-state index in [0.29, 0.717) is 62.5 Å². The van der Waals surface area contributed by atoms with Gasteiger partial charge in [-0.1, -0.05) is 12.1 Å². The van der Waals surface area contributed by atoms with Gasteiger partial charge in [-0.05, 0) is 87.9 Å². The fourth-order valence-corrected chi connectivity index (χ4v) is 6.30. The van der Waals surface area contributed by atoms with E-state index in [4.69, 9.17) is 14.2 Å². The molecular formula is C36H45F3N8O6. The third-order valence-electron chi connectivity index (χ3n) is 9.37. The van der Waals surface area contributed by atoms with Crippen LogP contribution in [-0.2, 0) is 6.54 Å². The van der Waals surface area contributed by atoms with Gasteiger partial charge in [0.2, 0.25) is 11.9 Å². The second-order valence-corrected chi connectivity index (χ2v) is 13.7. The number of hydrogen-bond donors (Lipinski definition) is 4. The number of aromatic nitrogens is 3. The largest absolute Gasteiger partial charge is 0.494 e. The molecule has 4 N–H and O–H groups in total. The number of hydrogen-bond acceptors (Lipinski definition) is 11. The van der Waals surface area contributed by atoms with Crippen LogP contribution in [0.5, 0.6) is 17.5 Å². The molecular weight excluding hydrogens is 697 g/mol. The molecule has 3 aromatic rings. The van der Waals surface area contributed by atoms with E-state index in [2.05, 4.69) is 35.8 Å². The van der Waals surface area contributed by atoms with Crippen LogP contribution >= 0.6 is 0 Å². The number of benzene rings is 2. The molecule has 6 bridgehead atoms. The van der Waals surface area contributed by atoms with Crippen molar-refractivity contribution in [2.45, 2.75) is 57.7 Å². The Balaban J connectivity index is 1.23. The van der Waals surface area contributed by atoms with Crippen molar-refractivity contribution in [2.24, 2.45) is 5.41 Å². The highest BCUT2D eigenvalue weighted by molar-refractivity contribution is 5.97.